The molecule has 7 heteroatoms. The second kappa shape index (κ2) is 13.4. The molecule has 7 aromatic carbocycles. The van der Waals surface area contributed by atoms with Crippen LogP contribution in [0.4, 0.5) is 0 Å². The Kier molecular flexibility index (Phi) is 8.05. The van der Waals surface area contributed by atoms with Gasteiger partial charge >= 0.3 is 194 Å². The van der Waals surface area contributed by atoms with Crippen molar-refractivity contribution in [1.29, 1.82) is 0 Å². The second-order valence-corrected chi connectivity index (χ2v) is 19.3. The van der Waals surface area contributed by atoms with Crippen LogP contribution >= 0.6 is 11.8 Å². The fraction of sp³-hybridized carbons (Fsp3) is 0.111. The van der Waals surface area contributed by atoms with E-state index in [0.717, 1.165) is 48.7 Å². The Morgan fingerprint density at radius 1 is 0.557 bits per heavy atom. The summed E-state index contributed by atoms with van der Waals surface area (Å²) in [5.74, 6) is 2.42. The molecule has 0 bridgehead atoms. The van der Waals surface area contributed by atoms with Crippen LogP contribution in [0.3, 0.4) is 0 Å². The first kappa shape index (κ1) is 36.6. The molecule has 0 N–H and O–H groups in total. The van der Waals surface area contributed by atoms with Crippen molar-refractivity contribution in [3.05, 3.63) is 202 Å². The van der Waals surface area contributed by atoms with Crippen molar-refractivity contribution in [1.82, 2.24) is 18.7 Å². The maximum atomic E-state index is 6.81. The van der Waals surface area contributed by atoms with Gasteiger partial charge in [0.1, 0.15) is 0 Å². The first-order valence-electron chi connectivity index (χ1n) is 20.7. The molecule has 5 nitrogen and oxygen atoms in total. The van der Waals surface area contributed by atoms with Crippen molar-refractivity contribution >= 4 is 44.6 Å². The summed E-state index contributed by atoms with van der Waals surface area (Å²) in [7, 11) is 2.11. The Balaban J connectivity index is 1.10. The van der Waals surface area contributed by atoms with Crippen LogP contribution in [0.5, 0.6) is 11.5 Å². The molecule has 0 unspecified atom stereocenters. The summed E-state index contributed by atoms with van der Waals surface area (Å²) in [6.45, 7) is 6.79. The third-order valence-corrected chi connectivity index (χ3v) is 15.2. The minimum absolute atomic E-state index is 0.0597. The van der Waals surface area contributed by atoms with E-state index >= 15 is 0 Å². The van der Waals surface area contributed by atoms with E-state index in [9.17, 15) is 0 Å². The summed E-state index contributed by atoms with van der Waals surface area (Å²) < 4.78 is 14.8. The predicted molar refractivity (Wildman–Crippen MR) is 244 cm³/mol. The number of imidazole rings is 1. The first-order chi connectivity index (χ1) is 29.7. The number of benzene rings is 7. The fourth-order valence-electron chi connectivity index (χ4n) is 9.99. The molecule has 2 aliphatic rings. The van der Waals surface area contributed by atoms with E-state index < -0.39 is 5.41 Å². The number of hydrogen-bond donors (Lipinski definition) is 0. The van der Waals surface area contributed by atoms with Gasteiger partial charge in [0.15, 0.2) is 0 Å². The molecular formula is C54H40N4OPtS. The summed E-state index contributed by atoms with van der Waals surface area (Å²) in [6, 6.07) is 59.8. The number of rotatable bonds is 4. The number of aromatic nitrogens is 4. The number of para-hydroxylation sites is 2. The van der Waals surface area contributed by atoms with Crippen LogP contribution < -0.4 is 4.74 Å². The maximum absolute atomic E-state index is 6.81. The van der Waals surface area contributed by atoms with E-state index in [1.54, 1.807) is 0 Å². The summed E-state index contributed by atoms with van der Waals surface area (Å²) in [4.78, 5) is 7.70. The van der Waals surface area contributed by atoms with Crippen molar-refractivity contribution < 1.29 is 24.1 Å². The van der Waals surface area contributed by atoms with Crippen molar-refractivity contribution in [2.45, 2.75) is 41.4 Å². The van der Waals surface area contributed by atoms with Gasteiger partial charge in [-0.2, -0.15) is 0 Å². The topological polar surface area (TPSA) is 36.9 Å². The van der Waals surface area contributed by atoms with Crippen LogP contribution in [0.1, 0.15) is 48.6 Å². The van der Waals surface area contributed by atoms with Crippen LogP contribution in [0.15, 0.2) is 180 Å². The molecule has 10 aromatic rings. The average Bonchev–Trinajstić information content (AvgIpc) is 3.85. The predicted octanol–water partition coefficient (Wildman–Crippen LogP) is 13.5. The molecule has 0 amide bonds. The summed E-state index contributed by atoms with van der Waals surface area (Å²) in [5, 5.41) is 2.34. The molecule has 0 radical (unpaired) electrons. The van der Waals surface area contributed by atoms with Crippen LogP contribution in [0, 0.1) is 3.80 Å². The molecule has 0 fully saturated rings. The molecular weight excluding hydrogens is 948 g/mol. The fourth-order valence-corrected chi connectivity index (χ4v) is 12.0. The number of ether oxygens (including phenoxy) is 1. The third kappa shape index (κ3) is 5.31. The third-order valence-electron chi connectivity index (χ3n) is 12.8. The summed E-state index contributed by atoms with van der Waals surface area (Å²) in [6.07, 6.45) is 1.96. The average molecular weight is 988 g/mol. The number of hydrogen-bond acceptors (Lipinski definition) is 3. The van der Waals surface area contributed by atoms with Gasteiger partial charge in [-0.15, -0.1) is 0 Å². The molecule has 4 heterocycles. The summed E-state index contributed by atoms with van der Waals surface area (Å²) in [5.41, 5.74) is 14.1. The van der Waals surface area contributed by atoms with Gasteiger partial charge in [0.05, 0.1) is 5.41 Å². The van der Waals surface area contributed by atoms with E-state index in [0.29, 0.717) is 0 Å². The molecule has 12 rings (SSSR count). The van der Waals surface area contributed by atoms with E-state index in [1.807, 2.05) is 24.0 Å². The van der Waals surface area contributed by atoms with Gasteiger partial charge in [0, 0.05) is 16.0 Å². The van der Waals surface area contributed by atoms with Gasteiger partial charge in [0.25, 0.3) is 0 Å². The zero-order chi connectivity index (χ0) is 41.2. The second-order valence-electron chi connectivity index (χ2n) is 17.2. The van der Waals surface area contributed by atoms with Crippen molar-refractivity contribution in [2.24, 2.45) is 7.05 Å². The van der Waals surface area contributed by atoms with Crippen molar-refractivity contribution in [3.63, 3.8) is 0 Å². The molecule has 0 saturated heterocycles. The molecule has 298 valence electrons. The first-order valence-corrected chi connectivity index (χ1v) is 22.6. The zero-order valence-electron chi connectivity index (χ0n) is 34.1. The normalized spacial score (nSPS) is 13.7. The monoisotopic (exact) mass is 987 g/mol. The quantitative estimate of drug-likeness (QED) is 0.176. The Morgan fingerprint density at radius 3 is 2.00 bits per heavy atom. The van der Waals surface area contributed by atoms with Crippen molar-refractivity contribution in [2.75, 3.05) is 0 Å². The van der Waals surface area contributed by atoms with Gasteiger partial charge in [-0.3, -0.25) is 0 Å². The number of fused-ring (bicyclic) bond motifs is 13. The van der Waals surface area contributed by atoms with Gasteiger partial charge in [0.2, 0.25) is 0 Å². The van der Waals surface area contributed by atoms with Gasteiger partial charge in [-0.05, 0) is 62.6 Å². The Morgan fingerprint density at radius 2 is 1.23 bits per heavy atom. The van der Waals surface area contributed by atoms with Crippen LogP contribution in [0.25, 0.3) is 55.5 Å². The molecule has 1 aliphatic heterocycles. The number of aryl methyl sites for hydroxylation is 1. The van der Waals surface area contributed by atoms with Gasteiger partial charge in [-0.25, -0.2) is 0 Å². The van der Waals surface area contributed by atoms with Gasteiger partial charge in [-0.1, -0.05) is 93.2 Å². The van der Waals surface area contributed by atoms with Crippen LogP contribution in [-0.2, 0) is 37.2 Å². The van der Waals surface area contributed by atoms with Crippen LogP contribution in [-0.4, -0.2) is 18.7 Å². The standard InChI is InChI=1S/C54H40N4OS.Pt/c1-53(2,3)34-26-27-55-52(28-34)58-48-30-37(59-36-15-13-14-35(29-36)57-33-56(4)46-20-9-10-21-47(46)57)24-25-39(48)41-31-40-38-16-5-6-17-42(38)54(45(40)32-49(41)58)43-18-7-11-22-50(43)60-51-23-12-8-19-44(51)54;/h5-32H,1-4H3;. The zero-order valence-corrected chi connectivity index (χ0v) is 37.2. The molecule has 0 saturated carbocycles. The van der Waals surface area contributed by atoms with Crippen LogP contribution in [0.2, 0.25) is 0 Å². The van der Waals surface area contributed by atoms with E-state index in [4.69, 9.17) is 9.72 Å². The number of nitrogens with zero attached hydrogens (tertiary/aromatic N) is 4. The molecule has 3 aromatic heterocycles. The Labute approximate surface area is 369 Å². The van der Waals surface area contributed by atoms with E-state index in [2.05, 4.69) is 219 Å². The number of pyridine rings is 1. The molecule has 61 heavy (non-hydrogen) atoms. The van der Waals surface area contributed by atoms with E-state index in [-0.39, 0.29) is 5.41 Å². The minimum atomic E-state index is -0.486. The van der Waals surface area contributed by atoms with Gasteiger partial charge < -0.3 is 0 Å². The molecule has 1 spiro atoms. The Hall–Kier alpha value is -6.20. The van der Waals surface area contributed by atoms with Crippen molar-refractivity contribution in [3.8, 4) is 34.1 Å². The SMILES string of the molecule is Cn1[c](=[Pt])n(-c2cccc(Oc3ccc4c5cc6c(cc5n(-c5cc(C(C)(C)C)ccn5)c4c3)C3(c4ccccc4Sc4ccccc43)c3ccccc3-6)c2)c2ccccc21. The van der Waals surface area contributed by atoms with E-state index in [1.165, 1.54) is 59.6 Å². The Bertz CT molecular complexity index is 3490. The molecule has 1 aliphatic carbocycles. The summed E-state index contributed by atoms with van der Waals surface area (Å²) >= 11 is 4.28. The molecule has 0 atom stereocenters.